The lowest BCUT2D eigenvalue weighted by Crippen LogP contribution is -2.28. The van der Waals surface area contributed by atoms with Crippen LogP contribution in [0.2, 0.25) is 5.02 Å². The Kier molecular flexibility index (Phi) is 3.84. The average Bonchev–Trinajstić information content (AvgIpc) is 2.87. The molecule has 0 spiro atoms. The van der Waals surface area contributed by atoms with Crippen LogP contribution in [0.4, 0.5) is 16.3 Å². The van der Waals surface area contributed by atoms with Gasteiger partial charge in [0.15, 0.2) is 5.82 Å². The normalized spacial score (nSPS) is 10.6. The molecule has 2 aromatic carbocycles. The van der Waals surface area contributed by atoms with Crippen molar-refractivity contribution < 1.29 is 4.79 Å². The Bertz CT molecular complexity index is 830. The molecule has 0 aliphatic carbocycles. The number of nitrogen functional groups attached to an aromatic ring is 1. The van der Waals surface area contributed by atoms with Crippen LogP contribution in [0.5, 0.6) is 0 Å². The molecule has 112 valence electrons. The van der Waals surface area contributed by atoms with Gasteiger partial charge in [-0.3, -0.25) is 5.10 Å². The molecule has 0 atom stereocenters. The monoisotopic (exact) mass is 315 g/mol. The van der Waals surface area contributed by atoms with Crippen molar-refractivity contribution in [3.05, 3.63) is 53.1 Å². The number of benzene rings is 2. The van der Waals surface area contributed by atoms with E-state index in [0.29, 0.717) is 23.1 Å². The molecule has 7 heteroatoms. The van der Waals surface area contributed by atoms with Crippen molar-refractivity contribution in [3.63, 3.8) is 0 Å². The molecule has 22 heavy (non-hydrogen) atoms. The molecule has 0 fully saturated rings. The maximum atomic E-state index is 11.9. The molecule has 0 saturated carbocycles. The number of urea groups is 1. The van der Waals surface area contributed by atoms with Crippen molar-refractivity contribution in [1.82, 2.24) is 15.5 Å². The van der Waals surface area contributed by atoms with Gasteiger partial charge in [0.1, 0.15) is 0 Å². The average molecular weight is 316 g/mol. The molecule has 0 unspecified atom stereocenters. The fraction of sp³-hybridized carbons (Fsp3) is 0.0667. The summed E-state index contributed by atoms with van der Waals surface area (Å²) in [6.07, 6.45) is 0. The van der Waals surface area contributed by atoms with Crippen LogP contribution in [-0.4, -0.2) is 16.2 Å². The number of nitrogens with zero attached hydrogens (tertiary/aromatic N) is 1. The highest BCUT2D eigenvalue weighted by Gasteiger charge is 2.06. The molecular formula is C15H14ClN5O. The van der Waals surface area contributed by atoms with Gasteiger partial charge < -0.3 is 16.4 Å². The van der Waals surface area contributed by atoms with E-state index in [1.165, 1.54) is 0 Å². The first-order valence-electron chi connectivity index (χ1n) is 6.65. The van der Waals surface area contributed by atoms with Crippen molar-refractivity contribution in [2.45, 2.75) is 6.54 Å². The van der Waals surface area contributed by atoms with E-state index in [9.17, 15) is 4.79 Å². The summed E-state index contributed by atoms with van der Waals surface area (Å²) in [5.41, 5.74) is 8.13. The Balaban J connectivity index is 1.64. The topological polar surface area (TPSA) is 95.8 Å². The van der Waals surface area contributed by atoms with E-state index in [0.717, 1.165) is 16.5 Å². The van der Waals surface area contributed by atoms with E-state index in [2.05, 4.69) is 20.8 Å². The van der Waals surface area contributed by atoms with E-state index < -0.39 is 0 Å². The number of fused-ring (bicyclic) bond motifs is 1. The highest BCUT2D eigenvalue weighted by Crippen LogP contribution is 2.21. The van der Waals surface area contributed by atoms with Gasteiger partial charge in [-0.05, 0) is 35.9 Å². The van der Waals surface area contributed by atoms with Crippen LogP contribution in [0.15, 0.2) is 42.5 Å². The number of nitrogens with one attached hydrogen (secondary N) is 3. The number of hydrogen-bond donors (Lipinski definition) is 4. The van der Waals surface area contributed by atoms with Gasteiger partial charge in [-0.2, -0.15) is 5.10 Å². The smallest absolute Gasteiger partial charge is 0.319 e. The van der Waals surface area contributed by atoms with Crippen LogP contribution in [0, 0.1) is 0 Å². The number of carbonyl (C=O) groups is 1. The summed E-state index contributed by atoms with van der Waals surface area (Å²) in [5.74, 6) is 0.401. The molecule has 5 N–H and O–H groups in total. The zero-order valence-electron chi connectivity index (χ0n) is 11.6. The second kappa shape index (κ2) is 5.95. The zero-order chi connectivity index (χ0) is 15.5. The van der Waals surface area contributed by atoms with E-state index in [1.807, 2.05) is 18.2 Å². The SMILES string of the molecule is Nc1n[nH]c2ccc(NC(=O)NCc3cccc(Cl)c3)cc12. The second-order valence-corrected chi connectivity index (χ2v) is 5.24. The second-order valence-electron chi connectivity index (χ2n) is 4.81. The van der Waals surface area contributed by atoms with Gasteiger partial charge in [0.05, 0.1) is 5.52 Å². The van der Waals surface area contributed by atoms with E-state index in [-0.39, 0.29) is 6.03 Å². The minimum Gasteiger partial charge on any atom is -0.382 e. The number of hydrogen-bond acceptors (Lipinski definition) is 3. The molecule has 0 bridgehead atoms. The summed E-state index contributed by atoms with van der Waals surface area (Å²) in [4.78, 5) is 11.9. The predicted octanol–water partition coefficient (Wildman–Crippen LogP) is 3.12. The molecule has 3 aromatic rings. The Morgan fingerprint density at radius 3 is 2.95 bits per heavy atom. The van der Waals surface area contributed by atoms with Gasteiger partial charge in [0.2, 0.25) is 0 Å². The minimum absolute atomic E-state index is 0.304. The first-order chi connectivity index (χ1) is 10.6. The van der Waals surface area contributed by atoms with Crippen molar-refractivity contribution in [2.24, 2.45) is 0 Å². The van der Waals surface area contributed by atoms with E-state index in [4.69, 9.17) is 17.3 Å². The lowest BCUT2D eigenvalue weighted by Gasteiger charge is -2.08. The highest BCUT2D eigenvalue weighted by molar-refractivity contribution is 6.30. The van der Waals surface area contributed by atoms with Crippen LogP contribution < -0.4 is 16.4 Å². The van der Waals surface area contributed by atoms with Crippen molar-refractivity contribution in [3.8, 4) is 0 Å². The maximum Gasteiger partial charge on any atom is 0.319 e. The third kappa shape index (κ3) is 3.12. The molecule has 2 amide bonds. The number of rotatable bonds is 3. The number of amides is 2. The van der Waals surface area contributed by atoms with Crippen molar-refractivity contribution in [1.29, 1.82) is 0 Å². The number of aromatic amines is 1. The fourth-order valence-electron chi connectivity index (χ4n) is 2.12. The van der Waals surface area contributed by atoms with Gasteiger partial charge >= 0.3 is 6.03 Å². The predicted molar refractivity (Wildman–Crippen MR) is 87.8 cm³/mol. The lowest BCUT2D eigenvalue weighted by molar-refractivity contribution is 0.251. The number of aromatic nitrogens is 2. The van der Waals surface area contributed by atoms with Gasteiger partial charge in [-0.1, -0.05) is 23.7 Å². The first-order valence-corrected chi connectivity index (χ1v) is 7.02. The molecule has 3 rings (SSSR count). The molecule has 6 nitrogen and oxygen atoms in total. The van der Waals surface area contributed by atoms with Crippen LogP contribution in [0.1, 0.15) is 5.56 Å². The Morgan fingerprint density at radius 2 is 2.14 bits per heavy atom. The highest BCUT2D eigenvalue weighted by atomic mass is 35.5. The summed E-state index contributed by atoms with van der Waals surface area (Å²) in [5, 5.41) is 13.7. The summed E-state index contributed by atoms with van der Waals surface area (Å²) >= 11 is 5.90. The van der Waals surface area contributed by atoms with E-state index in [1.54, 1.807) is 24.3 Å². The van der Waals surface area contributed by atoms with E-state index >= 15 is 0 Å². The van der Waals surface area contributed by atoms with Crippen LogP contribution in [0.25, 0.3) is 10.9 Å². The number of halogens is 1. The quantitative estimate of drug-likeness (QED) is 0.598. The van der Waals surface area contributed by atoms with Gasteiger partial charge in [0.25, 0.3) is 0 Å². The number of H-pyrrole nitrogens is 1. The summed E-state index contributed by atoms with van der Waals surface area (Å²) < 4.78 is 0. The molecule has 1 aromatic heterocycles. The third-order valence-corrected chi connectivity index (χ3v) is 3.43. The molecular weight excluding hydrogens is 302 g/mol. The largest absolute Gasteiger partial charge is 0.382 e. The zero-order valence-corrected chi connectivity index (χ0v) is 12.3. The minimum atomic E-state index is -0.304. The van der Waals surface area contributed by atoms with Crippen LogP contribution in [-0.2, 0) is 6.54 Å². The van der Waals surface area contributed by atoms with Gasteiger partial charge in [-0.25, -0.2) is 4.79 Å². The number of nitrogens with two attached hydrogens (primary N) is 1. The van der Waals surface area contributed by atoms with Gasteiger partial charge in [0, 0.05) is 22.6 Å². The summed E-state index contributed by atoms with van der Waals surface area (Å²) in [6, 6.07) is 12.4. The summed E-state index contributed by atoms with van der Waals surface area (Å²) in [7, 11) is 0. The standard InChI is InChI=1S/C15H14ClN5O/c16-10-3-1-2-9(6-10)8-18-15(22)19-11-4-5-13-12(7-11)14(17)21-20-13/h1-7H,8H2,(H3,17,20,21)(H2,18,19,22). The molecule has 1 heterocycles. The van der Waals surface area contributed by atoms with Crippen LogP contribution in [0.3, 0.4) is 0 Å². The molecule has 0 saturated heterocycles. The molecule has 0 aliphatic rings. The Hall–Kier alpha value is -2.73. The third-order valence-electron chi connectivity index (χ3n) is 3.19. The Labute approximate surface area is 131 Å². The molecule has 0 aliphatic heterocycles. The van der Waals surface area contributed by atoms with Gasteiger partial charge in [-0.15, -0.1) is 0 Å². The maximum absolute atomic E-state index is 11.9. The Morgan fingerprint density at radius 1 is 1.27 bits per heavy atom. The lowest BCUT2D eigenvalue weighted by atomic mass is 10.2. The first kappa shape index (κ1) is 14.2. The number of carbonyl (C=O) groups excluding carboxylic acids is 1. The number of anilines is 2. The van der Waals surface area contributed by atoms with Crippen LogP contribution >= 0.6 is 11.6 Å². The van der Waals surface area contributed by atoms with Crippen molar-refractivity contribution >= 4 is 40.0 Å². The molecule has 0 radical (unpaired) electrons. The summed E-state index contributed by atoms with van der Waals surface area (Å²) in [6.45, 7) is 0.391. The fourth-order valence-corrected chi connectivity index (χ4v) is 2.33. The van der Waals surface area contributed by atoms with Crippen molar-refractivity contribution in [2.75, 3.05) is 11.1 Å².